The predicted octanol–water partition coefficient (Wildman–Crippen LogP) is 0.176. The minimum atomic E-state index is -4.33. The van der Waals surface area contributed by atoms with Gasteiger partial charge >= 0.3 is 7.82 Å². The highest BCUT2D eigenvalue weighted by molar-refractivity contribution is 7.46. The first-order valence-corrected chi connectivity index (χ1v) is 4.21. The molecule has 0 heterocycles. The Morgan fingerprint density at radius 2 is 2.30 bits per heavy atom. The third-order valence-corrected chi connectivity index (χ3v) is 0.985. The fourth-order valence-electron chi connectivity index (χ4n) is 0.276. The Morgan fingerprint density at radius 3 is 2.70 bits per heavy atom. The minimum absolute atomic E-state index is 0.682. The van der Waals surface area contributed by atoms with Gasteiger partial charge in [-0.25, -0.2) is 4.57 Å². The highest BCUT2D eigenvalue weighted by atomic mass is 31.2. The van der Waals surface area contributed by atoms with Crippen molar-refractivity contribution in [2.45, 2.75) is 6.92 Å². The van der Waals surface area contributed by atoms with E-state index in [0.717, 1.165) is 6.26 Å². The highest BCUT2D eigenvalue weighted by Crippen LogP contribution is 2.35. The van der Waals surface area contributed by atoms with Crippen LogP contribution in [0.2, 0.25) is 0 Å². The summed E-state index contributed by atoms with van der Waals surface area (Å²) in [5.41, 5.74) is 0. The van der Waals surface area contributed by atoms with Gasteiger partial charge in [-0.1, -0.05) is 0 Å². The van der Waals surface area contributed by atoms with E-state index < -0.39 is 7.82 Å². The average molecular weight is 167 g/mol. The molecule has 3 N–H and O–H groups in total. The fourth-order valence-corrected chi connectivity index (χ4v) is 0.495. The Balaban J connectivity index is 3.44. The molecule has 6 heteroatoms. The molecule has 0 fully saturated rings. The van der Waals surface area contributed by atoms with Gasteiger partial charge in [0, 0.05) is 12.7 Å². The van der Waals surface area contributed by atoms with Gasteiger partial charge in [-0.3, -0.25) is 9.79 Å². The molecule has 60 valence electrons. The first-order chi connectivity index (χ1) is 4.56. The SMILES string of the molecule is CCN/C=C/OP(=O)(O)O. The van der Waals surface area contributed by atoms with Crippen molar-refractivity contribution < 1.29 is 18.9 Å². The lowest BCUT2D eigenvalue weighted by Gasteiger charge is -1.99. The summed E-state index contributed by atoms with van der Waals surface area (Å²) in [7, 11) is -4.33. The van der Waals surface area contributed by atoms with E-state index in [1.165, 1.54) is 6.20 Å². The van der Waals surface area contributed by atoms with Crippen LogP contribution in [-0.2, 0) is 9.09 Å². The van der Waals surface area contributed by atoms with Gasteiger partial charge in [-0.05, 0) is 6.92 Å². The molecule has 10 heavy (non-hydrogen) atoms. The summed E-state index contributed by atoms with van der Waals surface area (Å²) < 4.78 is 13.9. The normalized spacial score (nSPS) is 11.9. The van der Waals surface area contributed by atoms with Crippen LogP contribution in [0.15, 0.2) is 12.5 Å². The zero-order chi connectivity index (χ0) is 8.04. The summed E-state index contributed by atoms with van der Waals surface area (Å²) in [5.74, 6) is 0. The summed E-state index contributed by atoms with van der Waals surface area (Å²) in [6, 6.07) is 0. The molecule has 0 aliphatic rings. The van der Waals surface area contributed by atoms with E-state index in [2.05, 4.69) is 9.84 Å². The molecule has 0 saturated heterocycles. The van der Waals surface area contributed by atoms with Crippen LogP contribution in [0.25, 0.3) is 0 Å². The van der Waals surface area contributed by atoms with Gasteiger partial charge < -0.3 is 9.84 Å². The molecule has 0 unspecified atom stereocenters. The third kappa shape index (κ3) is 7.49. The number of hydrogen-bond acceptors (Lipinski definition) is 3. The Hall–Kier alpha value is -0.510. The maximum Gasteiger partial charge on any atom is 0.524 e. The lowest BCUT2D eigenvalue weighted by atomic mass is 10.7. The highest BCUT2D eigenvalue weighted by Gasteiger charge is 2.10. The van der Waals surface area contributed by atoms with E-state index in [-0.39, 0.29) is 0 Å². The molecule has 0 aliphatic carbocycles. The molecule has 0 aliphatic heterocycles. The van der Waals surface area contributed by atoms with E-state index >= 15 is 0 Å². The Morgan fingerprint density at radius 1 is 1.70 bits per heavy atom. The molecule has 0 atom stereocenters. The second kappa shape index (κ2) is 4.33. The van der Waals surface area contributed by atoms with Crippen LogP contribution in [0, 0.1) is 0 Å². The minimum Gasteiger partial charge on any atom is -0.411 e. The molecule has 0 amide bonds. The molecule has 0 spiro atoms. The molecule has 0 bridgehead atoms. The van der Waals surface area contributed by atoms with Gasteiger partial charge in [0.2, 0.25) is 0 Å². The predicted molar refractivity (Wildman–Crippen MR) is 35.9 cm³/mol. The molecule has 0 saturated carbocycles. The van der Waals surface area contributed by atoms with Crippen molar-refractivity contribution in [3.63, 3.8) is 0 Å². The summed E-state index contributed by atoms with van der Waals surface area (Å²) >= 11 is 0. The van der Waals surface area contributed by atoms with Gasteiger partial charge in [0.05, 0.1) is 0 Å². The number of rotatable bonds is 4. The summed E-state index contributed by atoms with van der Waals surface area (Å²) in [4.78, 5) is 16.3. The van der Waals surface area contributed by atoms with Gasteiger partial charge in [-0.2, -0.15) is 0 Å². The van der Waals surface area contributed by atoms with Crippen molar-refractivity contribution in [3.8, 4) is 0 Å². The van der Waals surface area contributed by atoms with Crippen LogP contribution >= 0.6 is 7.82 Å². The van der Waals surface area contributed by atoms with E-state index in [9.17, 15) is 4.57 Å². The van der Waals surface area contributed by atoms with Gasteiger partial charge in [0.25, 0.3) is 0 Å². The summed E-state index contributed by atoms with van der Waals surface area (Å²) in [5, 5.41) is 2.67. The lowest BCUT2D eigenvalue weighted by molar-refractivity contribution is 0.258. The lowest BCUT2D eigenvalue weighted by Crippen LogP contribution is -2.01. The van der Waals surface area contributed by atoms with Crippen molar-refractivity contribution in [3.05, 3.63) is 12.5 Å². The van der Waals surface area contributed by atoms with Crippen molar-refractivity contribution in [1.82, 2.24) is 5.32 Å². The van der Waals surface area contributed by atoms with Crippen LogP contribution in [0.5, 0.6) is 0 Å². The molecule has 0 aromatic rings. The summed E-state index contributed by atoms with van der Waals surface area (Å²) in [6.07, 6.45) is 2.24. The topological polar surface area (TPSA) is 78.8 Å². The molecule has 0 aromatic carbocycles. The van der Waals surface area contributed by atoms with Crippen LogP contribution in [-0.4, -0.2) is 16.3 Å². The number of phosphoric ester groups is 1. The zero-order valence-electron chi connectivity index (χ0n) is 5.52. The second-order valence-electron chi connectivity index (χ2n) is 1.46. The van der Waals surface area contributed by atoms with E-state index in [4.69, 9.17) is 9.79 Å². The Labute approximate surface area is 58.9 Å². The van der Waals surface area contributed by atoms with Crippen molar-refractivity contribution in [2.24, 2.45) is 0 Å². The Kier molecular flexibility index (Phi) is 4.11. The molecule has 5 nitrogen and oxygen atoms in total. The van der Waals surface area contributed by atoms with Crippen molar-refractivity contribution in [2.75, 3.05) is 6.54 Å². The largest absolute Gasteiger partial charge is 0.524 e. The van der Waals surface area contributed by atoms with Gasteiger partial charge in [0.1, 0.15) is 6.26 Å². The van der Waals surface area contributed by atoms with E-state index in [1.54, 1.807) is 0 Å². The molecule has 0 aromatic heterocycles. The van der Waals surface area contributed by atoms with Crippen LogP contribution in [0.3, 0.4) is 0 Å². The van der Waals surface area contributed by atoms with Crippen LogP contribution in [0.4, 0.5) is 0 Å². The summed E-state index contributed by atoms with van der Waals surface area (Å²) in [6.45, 7) is 2.53. The molecule has 0 radical (unpaired) electrons. The first-order valence-electron chi connectivity index (χ1n) is 2.68. The van der Waals surface area contributed by atoms with E-state index in [0.29, 0.717) is 6.54 Å². The molecular weight excluding hydrogens is 157 g/mol. The van der Waals surface area contributed by atoms with Gasteiger partial charge in [-0.15, -0.1) is 0 Å². The number of hydrogen-bond donors (Lipinski definition) is 3. The number of nitrogens with one attached hydrogen (secondary N) is 1. The molecule has 0 rings (SSSR count). The maximum atomic E-state index is 9.99. The van der Waals surface area contributed by atoms with Crippen molar-refractivity contribution >= 4 is 7.82 Å². The van der Waals surface area contributed by atoms with Gasteiger partial charge in [0.15, 0.2) is 0 Å². The average Bonchev–Trinajstić information content (AvgIpc) is 1.78. The standard InChI is InChI=1S/C4H10NO4P/c1-2-5-3-4-9-10(6,7)8/h3-5H,2H2,1H3,(H2,6,7,8)/b4-3+. The number of phosphoric acid groups is 1. The Bertz CT molecular complexity index is 151. The monoisotopic (exact) mass is 167 g/mol. The fraction of sp³-hybridized carbons (Fsp3) is 0.500. The zero-order valence-corrected chi connectivity index (χ0v) is 6.41. The third-order valence-electron chi connectivity index (χ3n) is 0.588. The van der Waals surface area contributed by atoms with Crippen LogP contribution in [0.1, 0.15) is 6.92 Å². The molecular formula is C4H10NO4P. The smallest absolute Gasteiger partial charge is 0.411 e. The van der Waals surface area contributed by atoms with E-state index in [1.807, 2.05) is 6.92 Å². The second-order valence-corrected chi connectivity index (χ2v) is 2.65. The van der Waals surface area contributed by atoms with Crippen molar-refractivity contribution in [1.29, 1.82) is 0 Å². The maximum absolute atomic E-state index is 9.99. The quantitative estimate of drug-likeness (QED) is 0.411. The van der Waals surface area contributed by atoms with Crippen LogP contribution < -0.4 is 5.32 Å². The first kappa shape index (κ1) is 9.49.